The number of aromatic amines is 3. The van der Waals surface area contributed by atoms with Crippen LogP contribution in [-0.2, 0) is 38.6 Å². The second-order valence-corrected chi connectivity index (χ2v) is 36.2. The van der Waals surface area contributed by atoms with Crippen LogP contribution in [0.2, 0.25) is 5.02 Å². The van der Waals surface area contributed by atoms with E-state index in [0.717, 1.165) is 25.0 Å². The molecule has 6 aromatic heterocycles. The molecule has 0 aliphatic heterocycles. The Kier molecular flexibility index (Phi) is 24.8. The number of alkyl halides is 6. The fourth-order valence-electron chi connectivity index (χ4n) is 14.7. The van der Waals surface area contributed by atoms with Crippen LogP contribution in [-0.4, -0.2) is 191 Å². The molecule has 6 N–H and O–H groups in total. The molecule has 0 radical (unpaired) electrons. The topological polar surface area (TPSA) is 313 Å². The van der Waals surface area contributed by atoms with Gasteiger partial charge in [-0.15, -0.1) is 0 Å². The van der Waals surface area contributed by atoms with Gasteiger partial charge in [0.25, 0.3) is 0 Å². The predicted octanol–water partition coefficient (Wildman–Crippen LogP) is 16.5. The zero-order valence-corrected chi connectivity index (χ0v) is 67.7. The Hall–Kier alpha value is -8.76. The lowest BCUT2D eigenvalue weighted by Gasteiger charge is -2.51. The second kappa shape index (κ2) is 33.5. The van der Waals surface area contributed by atoms with Crippen molar-refractivity contribution in [2.75, 3.05) is 76.3 Å². The third-order valence-corrected chi connectivity index (χ3v) is 26.5. The summed E-state index contributed by atoms with van der Waals surface area (Å²) in [5.41, 5.74) is 2.17. The lowest BCUT2D eigenvalue weighted by Crippen LogP contribution is -2.73. The van der Waals surface area contributed by atoms with Gasteiger partial charge in [-0.05, 0) is 169 Å². The van der Waals surface area contributed by atoms with Crippen LogP contribution in [0.1, 0.15) is 78.4 Å². The Bertz CT molecular complexity index is 6010. The van der Waals surface area contributed by atoms with E-state index in [9.17, 15) is 44.7 Å². The van der Waals surface area contributed by atoms with Crippen molar-refractivity contribution in [3.05, 3.63) is 162 Å². The van der Waals surface area contributed by atoms with E-state index in [-0.39, 0.29) is 90.1 Å². The average molecular weight is 1680 g/mol. The summed E-state index contributed by atoms with van der Waals surface area (Å²) in [6.45, 7) is 5.62. The number of hydrogen-bond acceptors (Lipinski definition) is 18. The number of fused-ring (bicyclic) bond motifs is 9. The van der Waals surface area contributed by atoms with Crippen molar-refractivity contribution in [1.29, 1.82) is 0 Å². The standard InChI is InChI=1S/C80H87ClF6N9O14PS3/c1-9-94(33-18-36-107-64-30-27-58(51-21-15-24-55(41-51)112(101,102)12-4)67-61-39-49(7)45-88-73(61)91-70(64)67)78(82,83)48-77(110-111(98,99)100,80(86,87)96(11-3)35-20-38-109-66-32-29-60(53-23-17-26-57(43-53)114(105,106)14-6)69-63-44-54(81)47-90-75(63)93-72(66)69)76(97)79(84,85)95(10-2)34-19-37-108-65-31-28-59(52-22-16-25-56(42-52)113(103,104)13-5)68-62-40-50(8)46-89-74(62)92-71(65)68/h15-17,21-32,39-47,76,97H,9-14,18-20,33-38,48H2,1-8H3,(H,88,91)(H,89,92)(H,90,93)(H2,98,99,100). The van der Waals surface area contributed by atoms with Crippen molar-refractivity contribution < 1.29 is 89.8 Å². The van der Waals surface area contributed by atoms with Gasteiger partial charge in [-0.2, -0.15) is 26.3 Å². The van der Waals surface area contributed by atoms with Crippen molar-refractivity contribution in [1.82, 2.24) is 44.6 Å². The highest BCUT2D eigenvalue weighted by molar-refractivity contribution is 7.92. The Balaban J connectivity index is 0.845. The van der Waals surface area contributed by atoms with E-state index in [1.165, 1.54) is 64.2 Å². The minimum absolute atomic E-state index is 0.0553. The van der Waals surface area contributed by atoms with Gasteiger partial charge in [-0.3, -0.25) is 4.52 Å². The number of aliphatic hydroxyl groups excluding tert-OH is 1. The summed E-state index contributed by atoms with van der Waals surface area (Å²) in [7, 11) is -17.6. The molecule has 0 saturated heterocycles. The molecule has 0 amide bonds. The molecule has 0 saturated carbocycles. The number of ether oxygens (including phenoxy) is 3. The van der Waals surface area contributed by atoms with Crippen molar-refractivity contribution >= 4 is 115 Å². The number of phosphoric acid groups is 1. The molecule has 34 heteroatoms. The van der Waals surface area contributed by atoms with Gasteiger partial charge in [0.15, 0.2) is 41.2 Å². The van der Waals surface area contributed by atoms with E-state index in [0.29, 0.717) is 104 Å². The van der Waals surface area contributed by atoms with E-state index in [2.05, 4.69) is 29.9 Å². The number of pyridine rings is 3. The molecule has 6 aromatic carbocycles. The number of aliphatic hydroxyl groups is 1. The summed E-state index contributed by atoms with van der Waals surface area (Å²) in [5.74, 6) is 0.0115. The molecular formula is C80H87ClF6N9O14PS3. The maximum Gasteiger partial charge on any atom is 0.470 e. The van der Waals surface area contributed by atoms with Gasteiger partial charge in [0.05, 0.1) is 79.8 Å². The van der Waals surface area contributed by atoms with Crippen LogP contribution < -0.4 is 14.2 Å². The number of phosphoric ester groups is 1. The molecule has 23 nitrogen and oxygen atoms in total. The first kappa shape index (κ1) is 84.6. The summed E-state index contributed by atoms with van der Waals surface area (Å²) < 4.78 is 225. The number of aromatic nitrogens is 6. The molecule has 0 aliphatic carbocycles. The van der Waals surface area contributed by atoms with Crippen LogP contribution in [0.25, 0.3) is 99.2 Å². The number of aryl methyl sites for hydroxylation is 2. The van der Waals surface area contributed by atoms with Crippen LogP contribution >= 0.6 is 19.4 Å². The van der Waals surface area contributed by atoms with Crippen LogP contribution in [0.3, 0.4) is 0 Å². The van der Waals surface area contributed by atoms with Gasteiger partial charge in [-0.25, -0.2) is 59.5 Å². The number of rotatable bonds is 37. The summed E-state index contributed by atoms with van der Waals surface area (Å²) in [6.07, 6.45) is -3.39. The highest BCUT2D eigenvalue weighted by Crippen LogP contribution is 2.57. The summed E-state index contributed by atoms with van der Waals surface area (Å²) in [5, 5.41) is 16.1. The first-order chi connectivity index (χ1) is 54.0. The number of benzene rings is 6. The molecule has 0 aliphatic rings. The normalized spacial score (nSPS) is 13.9. The highest BCUT2D eigenvalue weighted by Gasteiger charge is 2.73. The van der Waals surface area contributed by atoms with Crippen molar-refractivity contribution in [2.45, 2.75) is 126 Å². The van der Waals surface area contributed by atoms with Gasteiger partial charge in [0.1, 0.15) is 34.2 Å². The summed E-state index contributed by atoms with van der Waals surface area (Å²) in [4.78, 5) is 45.6. The largest absolute Gasteiger partial charge is 0.491 e. The number of halogens is 7. The molecule has 2 unspecified atom stereocenters. The average Bonchev–Trinajstić information content (AvgIpc) is 1.11. The summed E-state index contributed by atoms with van der Waals surface area (Å²) in [6, 6.07) is 18.8. The molecule has 2 atom stereocenters. The summed E-state index contributed by atoms with van der Waals surface area (Å²) >= 11 is 6.46. The van der Waals surface area contributed by atoms with Crippen LogP contribution in [0.5, 0.6) is 17.2 Å². The molecule has 0 bridgehead atoms. The van der Waals surface area contributed by atoms with E-state index < -0.39 is 126 Å². The van der Waals surface area contributed by atoms with Gasteiger partial charge < -0.3 is 44.1 Å². The van der Waals surface area contributed by atoms with Gasteiger partial charge in [0, 0.05) is 90.2 Å². The van der Waals surface area contributed by atoms with Crippen LogP contribution in [0.4, 0.5) is 26.3 Å². The third-order valence-electron chi connectivity index (χ3n) is 20.5. The molecule has 114 heavy (non-hydrogen) atoms. The van der Waals surface area contributed by atoms with E-state index in [1.54, 1.807) is 97.3 Å². The first-order valence-corrected chi connectivity index (χ1v) is 44.0. The minimum atomic E-state index is -6.68. The smallest absolute Gasteiger partial charge is 0.470 e. The second-order valence-electron chi connectivity index (χ2n) is 27.8. The van der Waals surface area contributed by atoms with Crippen molar-refractivity contribution in [3.63, 3.8) is 0 Å². The lowest BCUT2D eigenvalue weighted by molar-refractivity contribution is -0.354. The SMILES string of the molecule is CCN(CCCOc1ccc(-c2cccc(S(=O)(=O)CC)c2)c2c1[nH]c1ncc(C)cc12)C(F)(F)CC(OP(=O)(O)O)(C(O)C(F)(F)N(CC)CCCOc1ccc(-c2cccc(S(=O)(=O)CC)c2)c2c1[nH]c1ncc(C)cc12)C(F)(F)N(CC)CCCOc1ccc(-c2cccc(S(=O)(=O)CC)c2)c2c1[nH]c1ncc(Cl)cc12. The maximum atomic E-state index is 18.7. The molecule has 0 spiro atoms. The number of H-pyrrole nitrogens is 3. The molecular weight excluding hydrogens is 1590 g/mol. The Labute approximate surface area is 660 Å². The fourth-order valence-corrected chi connectivity index (χ4v) is 18.3. The number of likely N-dealkylation sites (N-methyl/N-ethyl adjacent to an activating group) is 2. The molecule has 608 valence electrons. The van der Waals surface area contributed by atoms with E-state index >= 15 is 26.3 Å². The Morgan fingerprint density at radius 2 is 0.842 bits per heavy atom. The zero-order chi connectivity index (χ0) is 82.3. The van der Waals surface area contributed by atoms with Gasteiger partial charge in [-0.1, -0.05) is 89.5 Å². The fraction of sp³-hybridized carbons (Fsp3) is 0.362. The third kappa shape index (κ3) is 17.0. The number of nitrogens with one attached hydrogen (secondary N) is 3. The van der Waals surface area contributed by atoms with Gasteiger partial charge >= 0.3 is 26.0 Å². The molecule has 0 fully saturated rings. The number of sulfone groups is 3. The highest BCUT2D eigenvalue weighted by atomic mass is 35.5. The Morgan fingerprint density at radius 3 is 1.20 bits per heavy atom. The Morgan fingerprint density at radius 1 is 0.491 bits per heavy atom. The first-order valence-electron chi connectivity index (χ1n) is 37.1. The van der Waals surface area contributed by atoms with Gasteiger partial charge in [0.2, 0.25) is 0 Å². The monoisotopic (exact) mass is 1670 g/mol. The zero-order valence-electron chi connectivity index (χ0n) is 63.6. The maximum absolute atomic E-state index is 18.7. The molecule has 6 heterocycles. The number of hydrogen-bond donors (Lipinski definition) is 6. The quantitative estimate of drug-likeness (QED) is 0.00912. The number of nitrogens with zero attached hydrogens (tertiary/aromatic N) is 6. The van der Waals surface area contributed by atoms with E-state index in [1.807, 2.05) is 26.0 Å². The molecule has 12 aromatic rings. The lowest BCUT2D eigenvalue weighted by atomic mass is 9.85. The van der Waals surface area contributed by atoms with Crippen LogP contribution in [0, 0.1) is 13.8 Å². The van der Waals surface area contributed by atoms with Crippen LogP contribution in [0.15, 0.2) is 161 Å². The minimum Gasteiger partial charge on any atom is -0.491 e. The molecule has 12 rings (SSSR count). The van der Waals surface area contributed by atoms with Crippen molar-refractivity contribution in [3.8, 4) is 50.6 Å². The van der Waals surface area contributed by atoms with Crippen molar-refractivity contribution in [2.24, 2.45) is 0 Å². The predicted molar refractivity (Wildman–Crippen MR) is 428 cm³/mol. The van der Waals surface area contributed by atoms with E-state index in [4.69, 9.17) is 30.3 Å².